The molecule has 4 rings (SSSR count). The number of Topliss-reactive ketones (excluding diaryl/α,β-unsaturated/α-hetero) is 1. The lowest BCUT2D eigenvalue weighted by atomic mass is 9.94. The van der Waals surface area contributed by atoms with Crippen molar-refractivity contribution in [3.63, 3.8) is 0 Å². The first-order valence-electron chi connectivity index (χ1n) is 11.2. The number of nitrogens with zero attached hydrogens (tertiary/aromatic N) is 2. The summed E-state index contributed by atoms with van der Waals surface area (Å²) in [5, 5.41) is 11.3. The van der Waals surface area contributed by atoms with E-state index >= 15 is 0 Å². The van der Waals surface area contributed by atoms with E-state index in [2.05, 4.69) is 0 Å². The number of ketones is 1. The topological polar surface area (TPSA) is 79.3 Å². The van der Waals surface area contributed by atoms with E-state index in [-0.39, 0.29) is 24.0 Å². The number of ether oxygens (including phenoxy) is 2. The summed E-state index contributed by atoms with van der Waals surface area (Å²) in [7, 11) is 1.95. The van der Waals surface area contributed by atoms with Crippen LogP contribution in [0.1, 0.15) is 36.6 Å². The average Bonchev–Trinajstić information content (AvgIpc) is 3.03. The number of hydrogen-bond donors (Lipinski definition) is 1. The van der Waals surface area contributed by atoms with Gasteiger partial charge in [-0.25, -0.2) is 0 Å². The molecule has 0 saturated carbocycles. The van der Waals surface area contributed by atoms with Gasteiger partial charge in [-0.3, -0.25) is 9.59 Å². The molecule has 1 amide bonds. The number of carbonyl (C=O) groups excluding carboxylic acids is 2. The molecule has 0 aliphatic carbocycles. The molecule has 1 N–H and O–H groups in total. The highest BCUT2D eigenvalue weighted by atomic mass is 16.5. The number of amides is 1. The highest BCUT2D eigenvalue weighted by molar-refractivity contribution is 6.46. The van der Waals surface area contributed by atoms with Crippen LogP contribution in [0.15, 0.2) is 48.0 Å². The smallest absolute Gasteiger partial charge is 0.295 e. The van der Waals surface area contributed by atoms with Crippen molar-refractivity contribution in [2.45, 2.75) is 32.9 Å². The van der Waals surface area contributed by atoms with E-state index in [1.807, 2.05) is 57.0 Å². The van der Waals surface area contributed by atoms with E-state index in [4.69, 9.17) is 9.47 Å². The van der Waals surface area contributed by atoms with Crippen molar-refractivity contribution in [1.29, 1.82) is 0 Å². The van der Waals surface area contributed by atoms with Crippen LogP contribution in [0.3, 0.4) is 0 Å². The molecule has 174 valence electrons. The van der Waals surface area contributed by atoms with Crippen LogP contribution in [0.25, 0.3) is 5.76 Å². The molecule has 0 spiro atoms. The first-order valence-corrected chi connectivity index (χ1v) is 11.2. The van der Waals surface area contributed by atoms with Gasteiger partial charge in [0.05, 0.1) is 36.6 Å². The molecule has 7 nitrogen and oxygen atoms in total. The second-order valence-corrected chi connectivity index (χ2v) is 8.78. The van der Waals surface area contributed by atoms with Crippen molar-refractivity contribution in [3.05, 3.63) is 64.7 Å². The lowest BCUT2D eigenvalue weighted by Gasteiger charge is -2.28. The summed E-state index contributed by atoms with van der Waals surface area (Å²) in [5.74, 6) is -0.782. The molecule has 2 aliphatic rings. The van der Waals surface area contributed by atoms with Crippen LogP contribution in [0.2, 0.25) is 0 Å². The number of hydrogen-bond acceptors (Lipinski definition) is 6. The maximum Gasteiger partial charge on any atom is 0.295 e. The minimum atomic E-state index is -0.689. The molecule has 2 aliphatic heterocycles. The molecule has 7 heteroatoms. The van der Waals surface area contributed by atoms with Gasteiger partial charge in [0.2, 0.25) is 0 Å². The first-order chi connectivity index (χ1) is 15.8. The highest BCUT2D eigenvalue weighted by Gasteiger charge is 2.46. The number of likely N-dealkylation sites (tertiary alicyclic amines) is 1. The van der Waals surface area contributed by atoms with E-state index in [1.165, 1.54) is 4.90 Å². The fourth-order valence-corrected chi connectivity index (χ4v) is 4.34. The number of fused-ring (bicyclic) bond motifs is 1. The van der Waals surface area contributed by atoms with E-state index in [9.17, 15) is 14.7 Å². The zero-order chi connectivity index (χ0) is 23.7. The Bertz CT molecular complexity index is 1110. The molecule has 2 aromatic rings. The van der Waals surface area contributed by atoms with Gasteiger partial charge in [0.15, 0.2) is 0 Å². The SMILES string of the molecule is Cc1cccc(C2/C(=C(/O)c3ccc4c(c3)N(C)CCO4)C(=O)C(=O)N2CCOC(C)C)c1. The standard InChI is InChI=1S/C26H30N2O5/c1-16(2)32-13-11-28-23(18-7-5-6-17(3)14-18)22(25(30)26(28)31)24(29)19-8-9-21-20(15-19)27(4)10-12-33-21/h5-9,14-16,23,29H,10-13H2,1-4H3/b24-22-. The Kier molecular flexibility index (Phi) is 6.42. The molecule has 2 aromatic carbocycles. The lowest BCUT2D eigenvalue weighted by molar-refractivity contribution is -0.140. The van der Waals surface area contributed by atoms with E-state index in [1.54, 1.807) is 18.2 Å². The van der Waals surface area contributed by atoms with E-state index in [0.717, 1.165) is 29.1 Å². The fourth-order valence-electron chi connectivity index (χ4n) is 4.34. The quantitative estimate of drug-likeness (QED) is 0.411. The number of anilines is 1. The molecule has 0 bridgehead atoms. The number of carbonyl (C=O) groups is 2. The first kappa shape index (κ1) is 22.9. The third-order valence-electron chi connectivity index (χ3n) is 6.01. The minimum absolute atomic E-state index is 0.00828. The molecular weight excluding hydrogens is 420 g/mol. The Labute approximate surface area is 194 Å². The van der Waals surface area contributed by atoms with Gasteiger partial charge in [-0.05, 0) is 44.5 Å². The van der Waals surface area contributed by atoms with E-state index < -0.39 is 17.7 Å². The minimum Gasteiger partial charge on any atom is -0.507 e. The molecule has 1 saturated heterocycles. The Morgan fingerprint density at radius 1 is 1.21 bits per heavy atom. The molecule has 1 unspecified atom stereocenters. The maximum atomic E-state index is 13.2. The van der Waals surface area contributed by atoms with Gasteiger partial charge in [0.25, 0.3) is 11.7 Å². The van der Waals surface area contributed by atoms with Crippen LogP contribution in [0.4, 0.5) is 5.69 Å². The fraction of sp³-hybridized carbons (Fsp3) is 0.385. The van der Waals surface area contributed by atoms with Crippen molar-refractivity contribution in [2.24, 2.45) is 0 Å². The Morgan fingerprint density at radius 3 is 2.73 bits per heavy atom. The summed E-state index contributed by atoms with van der Waals surface area (Å²) in [4.78, 5) is 29.7. The Balaban J connectivity index is 1.80. The van der Waals surface area contributed by atoms with Crippen LogP contribution in [-0.4, -0.2) is 61.2 Å². The summed E-state index contributed by atoms with van der Waals surface area (Å²) in [6, 6.07) is 12.3. The maximum absolute atomic E-state index is 13.2. The Morgan fingerprint density at radius 2 is 2.00 bits per heavy atom. The summed E-state index contributed by atoms with van der Waals surface area (Å²) >= 11 is 0. The molecule has 2 heterocycles. The number of aliphatic hydroxyl groups is 1. The van der Waals surface area contributed by atoms with Gasteiger partial charge in [0, 0.05) is 19.2 Å². The van der Waals surface area contributed by atoms with Gasteiger partial charge in [-0.1, -0.05) is 29.8 Å². The van der Waals surface area contributed by atoms with Gasteiger partial charge in [-0.2, -0.15) is 0 Å². The van der Waals surface area contributed by atoms with Crippen molar-refractivity contribution in [2.75, 3.05) is 38.3 Å². The molecule has 1 fully saturated rings. The predicted octanol–water partition coefficient (Wildman–Crippen LogP) is 3.67. The van der Waals surface area contributed by atoms with Gasteiger partial charge in [-0.15, -0.1) is 0 Å². The second kappa shape index (κ2) is 9.27. The van der Waals surface area contributed by atoms with Crippen LogP contribution < -0.4 is 9.64 Å². The summed E-state index contributed by atoms with van der Waals surface area (Å²) < 4.78 is 11.3. The monoisotopic (exact) mass is 450 g/mol. The zero-order valence-corrected chi connectivity index (χ0v) is 19.5. The van der Waals surface area contributed by atoms with Gasteiger partial charge >= 0.3 is 0 Å². The van der Waals surface area contributed by atoms with Gasteiger partial charge in [0.1, 0.15) is 18.1 Å². The van der Waals surface area contributed by atoms with E-state index in [0.29, 0.717) is 18.8 Å². The van der Waals surface area contributed by atoms with Crippen LogP contribution in [-0.2, 0) is 14.3 Å². The second-order valence-electron chi connectivity index (χ2n) is 8.78. The number of likely N-dealkylation sites (N-methyl/N-ethyl adjacent to an activating group) is 1. The van der Waals surface area contributed by atoms with Crippen LogP contribution >= 0.6 is 0 Å². The van der Waals surface area contributed by atoms with Crippen molar-refractivity contribution < 1.29 is 24.2 Å². The van der Waals surface area contributed by atoms with Crippen LogP contribution in [0.5, 0.6) is 5.75 Å². The van der Waals surface area contributed by atoms with Crippen molar-refractivity contribution >= 4 is 23.1 Å². The number of benzene rings is 2. The Hall–Kier alpha value is -3.32. The number of aliphatic hydroxyl groups excluding tert-OH is 1. The van der Waals surface area contributed by atoms with Crippen molar-refractivity contribution in [1.82, 2.24) is 4.90 Å². The molecule has 33 heavy (non-hydrogen) atoms. The van der Waals surface area contributed by atoms with Crippen LogP contribution in [0, 0.1) is 6.92 Å². The summed E-state index contributed by atoms with van der Waals surface area (Å²) in [6.07, 6.45) is 0.00828. The average molecular weight is 451 g/mol. The number of aryl methyl sites for hydroxylation is 1. The summed E-state index contributed by atoms with van der Waals surface area (Å²) in [5.41, 5.74) is 3.18. The molecule has 0 aromatic heterocycles. The number of rotatable bonds is 6. The van der Waals surface area contributed by atoms with Crippen molar-refractivity contribution in [3.8, 4) is 5.75 Å². The zero-order valence-electron chi connectivity index (χ0n) is 19.5. The molecular formula is C26H30N2O5. The summed E-state index contributed by atoms with van der Waals surface area (Å²) in [6.45, 7) is 7.66. The van der Waals surface area contributed by atoms with Gasteiger partial charge < -0.3 is 24.4 Å². The molecule has 1 atom stereocenters. The predicted molar refractivity (Wildman–Crippen MR) is 126 cm³/mol. The third-order valence-corrected chi connectivity index (χ3v) is 6.01. The normalized spacial score (nSPS) is 19.7. The lowest BCUT2D eigenvalue weighted by Crippen LogP contribution is -2.33. The third kappa shape index (κ3) is 4.46. The molecule has 0 radical (unpaired) electrons. The highest BCUT2D eigenvalue weighted by Crippen LogP contribution is 2.41. The largest absolute Gasteiger partial charge is 0.507 e.